The summed E-state index contributed by atoms with van der Waals surface area (Å²) in [4.78, 5) is 25.3. The van der Waals surface area contributed by atoms with E-state index in [-0.39, 0.29) is 35.7 Å². The van der Waals surface area contributed by atoms with Gasteiger partial charge in [0, 0.05) is 38.4 Å². The Morgan fingerprint density at radius 2 is 2.04 bits per heavy atom. The summed E-state index contributed by atoms with van der Waals surface area (Å²) < 4.78 is 31.7. The number of nitrogens with one attached hydrogen (secondary N) is 1. The monoisotopic (exact) mass is 379 g/mol. The van der Waals surface area contributed by atoms with Crippen molar-refractivity contribution in [1.82, 2.24) is 9.88 Å². The van der Waals surface area contributed by atoms with Crippen molar-refractivity contribution in [1.29, 1.82) is 0 Å². The van der Waals surface area contributed by atoms with Gasteiger partial charge in [0.1, 0.15) is 17.1 Å². The number of nitrogens with zero attached hydrogens (tertiary/aromatic N) is 2. The predicted octanol–water partition coefficient (Wildman–Crippen LogP) is 1.08. The molecule has 0 spiro atoms. The number of aliphatic hydroxyl groups excluding tert-OH is 1. The number of pyridine rings is 1. The van der Waals surface area contributed by atoms with Crippen LogP contribution in [0.15, 0.2) is 17.1 Å². The van der Waals surface area contributed by atoms with E-state index in [0.717, 1.165) is 25.1 Å². The fraction of sp³-hybridized carbons (Fsp3) is 0.444. The molecule has 1 aliphatic carbocycles. The van der Waals surface area contributed by atoms with E-state index in [1.807, 2.05) is 0 Å². The number of carbonyl (C=O) groups is 1. The quantitative estimate of drug-likeness (QED) is 0.739. The van der Waals surface area contributed by atoms with Crippen LogP contribution in [0.1, 0.15) is 29.2 Å². The summed E-state index contributed by atoms with van der Waals surface area (Å²) in [6.07, 6.45) is 1.82. The van der Waals surface area contributed by atoms with Crippen LogP contribution >= 0.6 is 0 Å². The van der Waals surface area contributed by atoms with Crippen molar-refractivity contribution in [3.05, 3.63) is 39.7 Å². The number of hydrogen-bond donors (Lipinski definition) is 3. The number of aliphatic hydroxyl groups is 1. The van der Waals surface area contributed by atoms with E-state index in [2.05, 4.69) is 5.32 Å². The van der Waals surface area contributed by atoms with Crippen molar-refractivity contribution >= 4 is 22.6 Å². The molecule has 144 valence electrons. The minimum absolute atomic E-state index is 0.0488. The molecular formula is C18H19F2N3O4. The highest BCUT2D eigenvalue weighted by Crippen LogP contribution is 2.39. The largest absolute Gasteiger partial charge is 0.477 e. The number of benzene rings is 1. The Hall–Kier alpha value is -2.52. The number of halogens is 2. The molecular weight excluding hydrogens is 360 g/mol. The summed E-state index contributed by atoms with van der Waals surface area (Å²) in [6, 6.07) is 0.793. The average molecular weight is 379 g/mol. The summed E-state index contributed by atoms with van der Waals surface area (Å²) in [7, 11) is 0. The van der Waals surface area contributed by atoms with Gasteiger partial charge < -0.3 is 25.0 Å². The van der Waals surface area contributed by atoms with Crippen molar-refractivity contribution in [3.8, 4) is 0 Å². The molecule has 4 rings (SSSR count). The molecule has 1 aromatic heterocycles. The molecule has 0 radical (unpaired) electrons. The summed E-state index contributed by atoms with van der Waals surface area (Å²) in [6.45, 7) is 1.11. The maximum absolute atomic E-state index is 15.4. The van der Waals surface area contributed by atoms with Crippen molar-refractivity contribution in [2.75, 3.05) is 31.1 Å². The Morgan fingerprint density at radius 3 is 2.70 bits per heavy atom. The average Bonchev–Trinajstić information content (AvgIpc) is 3.44. The highest BCUT2D eigenvalue weighted by Gasteiger charge is 2.31. The molecule has 0 bridgehead atoms. The van der Waals surface area contributed by atoms with Gasteiger partial charge in [0.25, 0.3) is 0 Å². The van der Waals surface area contributed by atoms with E-state index in [1.54, 1.807) is 0 Å². The number of anilines is 1. The van der Waals surface area contributed by atoms with Gasteiger partial charge in [0.2, 0.25) is 5.43 Å². The van der Waals surface area contributed by atoms with E-state index in [4.69, 9.17) is 0 Å². The zero-order chi connectivity index (χ0) is 19.3. The van der Waals surface area contributed by atoms with Crippen LogP contribution in [0.4, 0.5) is 14.5 Å². The van der Waals surface area contributed by atoms with E-state index in [0.29, 0.717) is 13.1 Å². The molecule has 9 heteroatoms. The van der Waals surface area contributed by atoms with Crippen LogP contribution in [0, 0.1) is 11.6 Å². The third-order valence-electron chi connectivity index (χ3n) is 5.04. The summed E-state index contributed by atoms with van der Waals surface area (Å²) >= 11 is 0. The number of rotatable bonds is 3. The maximum Gasteiger partial charge on any atom is 0.341 e. The SMILES string of the molecule is O=C(O)c1cn(C2CC2)c2c(F)c(N3CCNCC(O)C3)c(F)cc2c1=O. The van der Waals surface area contributed by atoms with Gasteiger partial charge in [-0.2, -0.15) is 0 Å². The molecule has 0 amide bonds. The first-order chi connectivity index (χ1) is 12.9. The van der Waals surface area contributed by atoms with Gasteiger partial charge in [0.05, 0.1) is 17.0 Å². The predicted molar refractivity (Wildman–Crippen MR) is 94.4 cm³/mol. The van der Waals surface area contributed by atoms with Gasteiger partial charge in [-0.1, -0.05) is 0 Å². The number of hydrogen-bond acceptors (Lipinski definition) is 5. The Morgan fingerprint density at radius 1 is 1.30 bits per heavy atom. The number of β-amino-alcohol motifs (C(OH)–C–C–N with tert-alkyl or cyclic N) is 1. The first-order valence-electron chi connectivity index (χ1n) is 8.82. The second-order valence-electron chi connectivity index (χ2n) is 7.04. The van der Waals surface area contributed by atoms with Gasteiger partial charge in [-0.05, 0) is 18.9 Å². The fourth-order valence-electron chi connectivity index (χ4n) is 3.61. The second-order valence-corrected chi connectivity index (χ2v) is 7.04. The van der Waals surface area contributed by atoms with Crippen LogP contribution in [0.3, 0.4) is 0 Å². The second kappa shape index (κ2) is 6.58. The molecule has 1 aromatic carbocycles. The molecule has 2 heterocycles. The lowest BCUT2D eigenvalue weighted by Gasteiger charge is -2.26. The molecule has 27 heavy (non-hydrogen) atoms. The van der Waals surface area contributed by atoms with Gasteiger partial charge >= 0.3 is 5.97 Å². The molecule has 1 atom stereocenters. The normalized spacial score (nSPS) is 20.7. The number of fused-ring (bicyclic) bond motifs is 1. The number of aromatic carboxylic acids is 1. The minimum Gasteiger partial charge on any atom is -0.477 e. The molecule has 2 aromatic rings. The number of carboxylic acids is 1. The molecule has 1 saturated carbocycles. The molecule has 2 aliphatic rings. The smallest absolute Gasteiger partial charge is 0.341 e. The lowest BCUT2D eigenvalue weighted by atomic mass is 10.1. The molecule has 2 fully saturated rings. The minimum atomic E-state index is -1.43. The van der Waals surface area contributed by atoms with Crippen LogP contribution in [0.2, 0.25) is 0 Å². The van der Waals surface area contributed by atoms with Crippen LogP contribution in [-0.2, 0) is 0 Å². The lowest BCUT2D eigenvalue weighted by Crippen LogP contribution is -2.34. The zero-order valence-corrected chi connectivity index (χ0v) is 14.4. The van der Waals surface area contributed by atoms with Gasteiger partial charge in [-0.3, -0.25) is 4.79 Å². The molecule has 1 saturated heterocycles. The van der Waals surface area contributed by atoms with Gasteiger partial charge in [-0.15, -0.1) is 0 Å². The molecule has 7 nitrogen and oxygen atoms in total. The zero-order valence-electron chi connectivity index (χ0n) is 14.4. The first kappa shape index (κ1) is 17.9. The Balaban J connectivity index is 1.98. The van der Waals surface area contributed by atoms with Crippen LogP contribution in [-0.4, -0.2) is 53.0 Å². The Kier molecular flexibility index (Phi) is 4.35. The highest BCUT2D eigenvalue weighted by atomic mass is 19.1. The van der Waals surface area contributed by atoms with Crippen molar-refractivity contribution in [2.24, 2.45) is 0 Å². The van der Waals surface area contributed by atoms with Crippen LogP contribution in [0.25, 0.3) is 10.9 Å². The van der Waals surface area contributed by atoms with Crippen LogP contribution < -0.4 is 15.6 Å². The van der Waals surface area contributed by atoms with E-state index in [9.17, 15) is 24.2 Å². The lowest BCUT2D eigenvalue weighted by molar-refractivity contribution is 0.0694. The summed E-state index contributed by atoms with van der Waals surface area (Å²) in [5.74, 6) is -3.28. The number of aromatic nitrogens is 1. The summed E-state index contributed by atoms with van der Waals surface area (Å²) in [5.41, 5.74) is -1.80. The summed E-state index contributed by atoms with van der Waals surface area (Å²) in [5, 5.41) is 21.9. The van der Waals surface area contributed by atoms with Gasteiger partial charge in [0.15, 0.2) is 5.82 Å². The standard InChI is InChI=1S/C18H19F2N3O4/c19-13-5-11-15(14(20)16(13)22-4-3-21-6-10(24)7-22)23(9-1-2-9)8-12(17(11)25)18(26)27/h5,8-10,21,24H,1-4,6-7H2,(H,26,27). The molecule has 1 unspecified atom stereocenters. The Labute approximate surface area is 152 Å². The van der Waals surface area contributed by atoms with E-state index < -0.39 is 34.7 Å². The molecule has 1 aliphatic heterocycles. The molecule has 3 N–H and O–H groups in total. The van der Waals surface area contributed by atoms with Crippen molar-refractivity contribution in [3.63, 3.8) is 0 Å². The third kappa shape index (κ3) is 3.06. The third-order valence-corrected chi connectivity index (χ3v) is 5.04. The number of carboxylic acid groups (broad SMARTS) is 1. The van der Waals surface area contributed by atoms with Crippen LogP contribution in [0.5, 0.6) is 0 Å². The Bertz CT molecular complexity index is 987. The highest BCUT2D eigenvalue weighted by molar-refractivity contribution is 5.94. The van der Waals surface area contributed by atoms with E-state index >= 15 is 4.39 Å². The topological polar surface area (TPSA) is 94.8 Å². The first-order valence-corrected chi connectivity index (χ1v) is 8.82. The van der Waals surface area contributed by atoms with E-state index in [1.165, 1.54) is 9.47 Å². The van der Waals surface area contributed by atoms with Crippen molar-refractivity contribution < 1.29 is 23.8 Å². The van der Waals surface area contributed by atoms with Crippen molar-refractivity contribution in [2.45, 2.75) is 25.0 Å². The van der Waals surface area contributed by atoms with Gasteiger partial charge in [-0.25, -0.2) is 13.6 Å². The maximum atomic E-state index is 15.4. The fourth-order valence-corrected chi connectivity index (χ4v) is 3.61.